The normalized spacial score (nSPS) is 13.3. The summed E-state index contributed by atoms with van der Waals surface area (Å²) in [6.07, 6.45) is -2.98. The number of nitrogens with two attached hydrogens (primary N) is 1. The van der Waals surface area contributed by atoms with E-state index >= 15 is 0 Å². The molecule has 1 rings (SSSR count). The maximum absolute atomic E-state index is 13.3. The lowest BCUT2D eigenvalue weighted by Crippen LogP contribution is -2.38. The molecule has 0 unspecified atom stereocenters. The molecule has 0 radical (unpaired) electrons. The third-order valence-electron chi connectivity index (χ3n) is 2.61. The van der Waals surface area contributed by atoms with Crippen molar-refractivity contribution in [2.24, 2.45) is 5.14 Å². The van der Waals surface area contributed by atoms with Crippen LogP contribution in [0.5, 0.6) is 0 Å². The van der Waals surface area contributed by atoms with Gasteiger partial charge in [-0.3, -0.25) is 4.79 Å². The van der Waals surface area contributed by atoms with Gasteiger partial charge in [0.25, 0.3) is 12.3 Å². The molecule has 5 nitrogen and oxygen atoms in total. The Morgan fingerprint density at radius 2 is 2.00 bits per heavy atom. The molecular formula is C11H13F3N2O3S. The van der Waals surface area contributed by atoms with Crippen LogP contribution in [-0.2, 0) is 10.0 Å². The van der Waals surface area contributed by atoms with E-state index in [0.717, 1.165) is 12.1 Å². The number of halogens is 3. The first-order valence-electron chi connectivity index (χ1n) is 5.50. The average Bonchev–Trinajstić information content (AvgIpc) is 2.33. The second kappa shape index (κ2) is 6.23. The number of alkyl halides is 2. The minimum Gasteiger partial charge on any atom is -0.351 e. The zero-order valence-electron chi connectivity index (χ0n) is 10.4. The summed E-state index contributed by atoms with van der Waals surface area (Å²) in [5.74, 6) is -1.98. The first-order chi connectivity index (χ1) is 9.12. The van der Waals surface area contributed by atoms with Crippen LogP contribution in [0.3, 0.4) is 0 Å². The minimum absolute atomic E-state index is 0.187. The van der Waals surface area contributed by atoms with E-state index in [0.29, 0.717) is 6.07 Å². The number of primary sulfonamides is 1. The number of carbonyl (C=O) groups excluding carboxylic acids is 1. The summed E-state index contributed by atoms with van der Waals surface area (Å²) in [5, 5.41) is 6.07. The van der Waals surface area contributed by atoms with E-state index in [-0.39, 0.29) is 12.1 Å². The van der Waals surface area contributed by atoms with Crippen molar-refractivity contribution in [1.82, 2.24) is 5.32 Å². The van der Waals surface area contributed by atoms with Crippen molar-refractivity contribution < 1.29 is 26.4 Å². The maximum Gasteiger partial charge on any atom is 0.266 e. The van der Waals surface area contributed by atoms with Crippen molar-refractivity contribution in [3.05, 3.63) is 35.1 Å². The Labute approximate surface area is 114 Å². The van der Waals surface area contributed by atoms with Gasteiger partial charge < -0.3 is 5.32 Å². The number of sulfonamides is 1. The number of carbonyl (C=O) groups is 1. The standard InChI is InChI=1S/C11H13F3N2O3S/c1-6(20(15,18)19)5-16-11(17)7-2-3-8(10(13)14)9(12)4-7/h2-4,6,10H,5H2,1H3,(H,16,17)(H2,15,18,19)/t6-/m0/s1. The molecule has 0 aliphatic heterocycles. The van der Waals surface area contributed by atoms with Gasteiger partial charge in [-0.05, 0) is 25.1 Å². The first-order valence-corrected chi connectivity index (χ1v) is 7.11. The second-order valence-electron chi connectivity index (χ2n) is 4.15. The summed E-state index contributed by atoms with van der Waals surface area (Å²) < 4.78 is 59.8. The van der Waals surface area contributed by atoms with Crippen molar-refractivity contribution in [2.45, 2.75) is 18.6 Å². The summed E-state index contributed by atoms with van der Waals surface area (Å²) in [6, 6.07) is 2.50. The third-order valence-corrected chi connectivity index (χ3v) is 3.90. The molecule has 0 aromatic heterocycles. The smallest absolute Gasteiger partial charge is 0.266 e. The highest BCUT2D eigenvalue weighted by Crippen LogP contribution is 2.22. The van der Waals surface area contributed by atoms with Crippen molar-refractivity contribution in [3.63, 3.8) is 0 Å². The highest BCUT2D eigenvalue weighted by Gasteiger charge is 2.18. The Morgan fingerprint density at radius 1 is 1.40 bits per heavy atom. The Morgan fingerprint density at radius 3 is 2.45 bits per heavy atom. The molecule has 0 saturated heterocycles. The summed E-state index contributed by atoms with van der Waals surface area (Å²) in [4.78, 5) is 11.6. The van der Waals surface area contributed by atoms with Crippen LogP contribution in [-0.4, -0.2) is 26.1 Å². The van der Waals surface area contributed by atoms with Crippen molar-refractivity contribution >= 4 is 15.9 Å². The van der Waals surface area contributed by atoms with Gasteiger partial charge in [0, 0.05) is 12.1 Å². The summed E-state index contributed by atoms with van der Waals surface area (Å²) in [6.45, 7) is 1.02. The minimum atomic E-state index is -3.79. The van der Waals surface area contributed by atoms with Crippen molar-refractivity contribution in [2.75, 3.05) is 6.54 Å². The molecule has 1 aromatic carbocycles. The molecule has 0 heterocycles. The predicted molar refractivity (Wildman–Crippen MR) is 66.3 cm³/mol. The van der Waals surface area contributed by atoms with Crippen molar-refractivity contribution in [3.8, 4) is 0 Å². The van der Waals surface area contributed by atoms with Crippen molar-refractivity contribution in [1.29, 1.82) is 0 Å². The monoisotopic (exact) mass is 310 g/mol. The Kier molecular flexibility index (Phi) is 5.12. The first kappa shape index (κ1) is 16.4. The molecule has 9 heteroatoms. The summed E-state index contributed by atoms with van der Waals surface area (Å²) in [5.41, 5.74) is -0.993. The van der Waals surface area contributed by atoms with Crippen LogP contribution in [0.4, 0.5) is 13.2 Å². The van der Waals surface area contributed by atoms with Gasteiger partial charge in [0.1, 0.15) is 5.82 Å². The fourth-order valence-electron chi connectivity index (χ4n) is 1.30. The van der Waals surface area contributed by atoms with E-state index in [9.17, 15) is 26.4 Å². The molecule has 1 aromatic rings. The molecule has 1 amide bonds. The topological polar surface area (TPSA) is 89.3 Å². The van der Waals surface area contributed by atoms with Gasteiger partial charge in [-0.2, -0.15) is 0 Å². The molecule has 0 spiro atoms. The van der Waals surface area contributed by atoms with E-state index in [4.69, 9.17) is 5.14 Å². The van der Waals surface area contributed by atoms with E-state index in [1.165, 1.54) is 6.92 Å². The van der Waals surface area contributed by atoms with Gasteiger partial charge >= 0.3 is 0 Å². The van der Waals surface area contributed by atoms with Crippen LogP contribution in [0.2, 0.25) is 0 Å². The predicted octanol–water partition coefficient (Wildman–Crippen LogP) is 1.17. The van der Waals surface area contributed by atoms with Crippen LogP contribution < -0.4 is 10.5 Å². The lowest BCUT2D eigenvalue weighted by molar-refractivity contribution is 0.0952. The molecule has 112 valence electrons. The molecule has 0 aliphatic carbocycles. The number of benzene rings is 1. The lowest BCUT2D eigenvalue weighted by atomic mass is 10.1. The van der Waals surface area contributed by atoms with Crippen LogP contribution in [0.1, 0.15) is 29.3 Å². The SMILES string of the molecule is C[C@@H](CNC(=O)c1ccc(C(F)F)c(F)c1)S(N)(=O)=O. The third kappa shape index (κ3) is 4.20. The highest BCUT2D eigenvalue weighted by atomic mass is 32.2. The number of hydrogen-bond donors (Lipinski definition) is 2. The molecule has 1 atom stereocenters. The van der Waals surface area contributed by atoms with E-state index in [2.05, 4.69) is 5.32 Å². The Bertz CT molecular complexity index is 605. The van der Waals surface area contributed by atoms with Gasteiger partial charge in [0.05, 0.1) is 10.8 Å². The second-order valence-corrected chi connectivity index (χ2v) is 6.13. The number of hydrogen-bond acceptors (Lipinski definition) is 3. The fraction of sp³-hybridized carbons (Fsp3) is 0.364. The fourth-order valence-corrected chi connectivity index (χ4v) is 1.62. The van der Waals surface area contributed by atoms with Gasteiger partial charge in [0.15, 0.2) is 0 Å². The molecule has 0 bridgehead atoms. The zero-order valence-corrected chi connectivity index (χ0v) is 11.3. The molecule has 3 N–H and O–H groups in total. The maximum atomic E-state index is 13.3. The Hall–Kier alpha value is -1.61. The van der Waals surface area contributed by atoms with E-state index < -0.39 is 39.0 Å². The lowest BCUT2D eigenvalue weighted by Gasteiger charge is -2.11. The summed E-state index contributed by atoms with van der Waals surface area (Å²) >= 11 is 0. The zero-order chi connectivity index (χ0) is 15.5. The average molecular weight is 310 g/mol. The number of rotatable bonds is 5. The molecule has 0 aliphatic rings. The van der Waals surface area contributed by atoms with Gasteiger partial charge in [-0.25, -0.2) is 26.7 Å². The van der Waals surface area contributed by atoms with Crippen LogP contribution in [0.25, 0.3) is 0 Å². The van der Waals surface area contributed by atoms with Gasteiger partial charge in [-0.1, -0.05) is 0 Å². The molecule has 0 fully saturated rings. The number of nitrogens with one attached hydrogen (secondary N) is 1. The molecule has 0 saturated carbocycles. The molecule has 20 heavy (non-hydrogen) atoms. The van der Waals surface area contributed by atoms with Crippen LogP contribution >= 0.6 is 0 Å². The van der Waals surface area contributed by atoms with Gasteiger partial charge in [0.2, 0.25) is 10.0 Å². The quantitative estimate of drug-likeness (QED) is 0.855. The highest BCUT2D eigenvalue weighted by molar-refractivity contribution is 7.89. The number of amides is 1. The van der Waals surface area contributed by atoms with E-state index in [1.807, 2.05) is 0 Å². The van der Waals surface area contributed by atoms with Gasteiger partial charge in [-0.15, -0.1) is 0 Å². The Balaban J connectivity index is 2.77. The summed E-state index contributed by atoms with van der Waals surface area (Å²) in [7, 11) is -3.79. The largest absolute Gasteiger partial charge is 0.351 e. The van der Waals surface area contributed by atoms with Crippen LogP contribution in [0, 0.1) is 5.82 Å². The van der Waals surface area contributed by atoms with E-state index in [1.54, 1.807) is 0 Å². The van der Waals surface area contributed by atoms with Crippen LogP contribution in [0.15, 0.2) is 18.2 Å². The molecular weight excluding hydrogens is 297 g/mol.